The Morgan fingerprint density at radius 3 is 2.42 bits per heavy atom. The minimum absolute atomic E-state index is 0. The van der Waals surface area contributed by atoms with Gasteiger partial charge >= 0.3 is 5.97 Å². The molecular formula is C20H25ClFNO3. The number of rotatable bonds is 5. The molecule has 142 valence electrons. The molecule has 1 atom stereocenters. The maximum absolute atomic E-state index is 14.6. The van der Waals surface area contributed by atoms with E-state index >= 15 is 0 Å². The van der Waals surface area contributed by atoms with Crippen molar-refractivity contribution < 1.29 is 19.0 Å². The number of aromatic hydroxyl groups is 1. The molecule has 0 saturated heterocycles. The zero-order valence-electron chi connectivity index (χ0n) is 15.4. The molecule has 26 heavy (non-hydrogen) atoms. The number of benzene rings is 2. The van der Waals surface area contributed by atoms with Gasteiger partial charge in [0.25, 0.3) is 0 Å². The molecule has 2 aromatic rings. The summed E-state index contributed by atoms with van der Waals surface area (Å²) in [5, 5.41) is 10.3. The van der Waals surface area contributed by atoms with E-state index in [1.165, 1.54) is 0 Å². The van der Waals surface area contributed by atoms with Crippen LogP contribution in [0, 0.1) is 26.6 Å². The van der Waals surface area contributed by atoms with Crippen LogP contribution in [0.4, 0.5) is 4.39 Å². The number of phenols is 1. The first-order valence-electron chi connectivity index (χ1n) is 8.26. The predicted octanol–water partition coefficient (Wildman–Crippen LogP) is 4.50. The number of carbonyl (C=O) groups is 1. The third-order valence-corrected chi connectivity index (χ3v) is 4.12. The first-order chi connectivity index (χ1) is 11.7. The van der Waals surface area contributed by atoms with Gasteiger partial charge in [-0.15, -0.1) is 12.4 Å². The van der Waals surface area contributed by atoms with E-state index in [0.29, 0.717) is 16.7 Å². The summed E-state index contributed by atoms with van der Waals surface area (Å²) < 4.78 is 19.4. The standard InChI is InChI=1S/C20H24FNO3.ClH/c1-5-25-18(24)10-16(22)15-9-14(8-13(4)20(15)21)19-12(3)6-11(2)7-17(19)23;/h6-9,16,23H,5,10,22H2,1-4H3;1H/t16-;/m0./s1. The van der Waals surface area contributed by atoms with Crippen LogP contribution in [0.2, 0.25) is 0 Å². The van der Waals surface area contributed by atoms with E-state index in [4.69, 9.17) is 10.5 Å². The third kappa shape index (κ3) is 4.74. The van der Waals surface area contributed by atoms with Crippen LogP contribution in [0.3, 0.4) is 0 Å². The fraction of sp³-hybridized carbons (Fsp3) is 0.350. The molecule has 0 amide bonds. The molecule has 0 fully saturated rings. The maximum atomic E-state index is 14.6. The van der Waals surface area contributed by atoms with Gasteiger partial charge in [0, 0.05) is 17.2 Å². The highest BCUT2D eigenvalue weighted by molar-refractivity contribution is 5.85. The number of ether oxygens (including phenoxy) is 1. The van der Waals surface area contributed by atoms with E-state index in [0.717, 1.165) is 11.1 Å². The number of aryl methyl sites for hydroxylation is 3. The summed E-state index contributed by atoms with van der Waals surface area (Å²) in [6, 6.07) is 6.08. The van der Waals surface area contributed by atoms with Gasteiger partial charge in [0.05, 0.1) is 13.0 Å². The fourth-order valence-corrected chi connectivity index (χ4v) is 3.04. The molecule has 0 aliphatic carbocycles. The van der Waals surface area contributed by atoms with Gasteiger partial charge in [-0.1, -0.05) is 6.07 Å². The number of halogens is 2. The molecule has 0 aliphatic heterocycles. The van der Waals surface area contributed by atoms with Crippen LogP contribution < -0.4 is 5.73 Å². The molecule has 2 rings (SSSR count). The first kappa shape index (κ1) is 21.9. The molecule has 0 bridgehead atoms. The Bertz CT molecular complexity index is 785. The van der Waals surface area contributed by atoms with Crippen molar-refractivity contribution in [3.63, 3.8) is 0 Å². The van der Waals surface area contributed by atoms with Gasteiger partial charge in [-0.2, -0.15) is 0 Å². The zero-order chi connectivity index (χ0) is 18.7. The highest BCUT2D eigenvalue weighted by Gasteiger charge is 2.20. The van der Waals surface area contributed by atoms with Gasteiger partial charge in [0.2, 0.25) is 0 Å². The van der Waals surface area contributed by atoms with Gasteiger partial charge in [0.15, 0.2) is 0 Å². The van der Waals surface area contributed by atoms with Gasteiger partial charge in [-0.3, -0.25) is 4.79 Å². The Labute approximate surface area is 159 Å². The summed E-state index contributed by atoms with van der Waals surface area (Å²) in [7, 11) is 0. The minimum atomic E-state index is -0.814. The van der Waals surface area contributed by atoms with Crippen LogP contribution in [0.15, 0.2) is 24.3 Å². The van der Waals surface area contributed by atoms with Gasteiger partial charge < -0.3 is 15.6 Å². The number of hydrogen-bond acceptors (Lipinski definition) is 4. The van der Waals surface area contributed by atoms with Crippen LogP contribution in [0.1, 0.15) is 41.6 Å². The minimum Gasteiger partial charge on any atom is -0.507 e. The fourth-order valence-electron chi connectivity index (χ4n) is 3.04. The molecule has 4 nitrogen and oxygen atoms in total. The second-order valence-corrected chi connectivity index (χ2v) is 6.29. The Morgan fingerprint density at radius 1 is 1.19 bits per heavy atom. The average molecular weight is 382 g/mol. The van der Waals surface area contributed by atoms with Gasteiger partial charge in [-0.05, 0) is 68.1 Å². The Kier molecular flexibility index (Phi) is 7.60. The lowest BCUT2D eigenvalue weighted by Gasteiger charge is -2.17. The van der Waals surface area contributed by atoms with Crippen LogP contribution >= 0.6 is 12.4 Å². The number of nitrogens with two attached hydrogens (primary N) is 1. The molecule has 0 spiro atoms. The summed E-state index contributed by atoms with van der Waals surface area (Å²) in [4.78, 5) is 11.7. The second-order valence-electron chi connectivity index (χ2n) is 6.29. The van der Waals surface area contributed by atoms with E-state index < -0.39 is 17.8 Å². The molecule has 0 radical (unpaired) electrons. The summed E-state index contributed by atoms with van der Waals surface area (Å²) in [5.41, 5.74) is 9.82. The molecule has 0 aliphatic rings. The molecule has 0 aromatic heterocycles. The van der Waals surface area contributed by atoms with Crippen molar-refractivity contribution in [1.82, 2.24) is 0 Å². The number of phenolic OH excluding ortho intramolecular Hbond substituents is 1. The lowest BCUT2D eigenvalue weighted by atomic mass is 9.92. The summed E-state index contributed by atoms with van der Waals surface area (Å²) in [6.45, 7) is 7.38. The maximum Gasteiger partial charge on any atom is 0.307 e. The van der Waals surface area contributed by atoms with E-state index in [-0.39, 0.29) is 36.7 Å². The van der Waals surface area contributed by atoms with E-state index in [9.17, 15) is 14.3 Å². The first-order valence-corrected chi connectivity index (χ1v) is 8.26. The lowest BCUT2D eigenvalue weighted by molar-refractivity contribution is -0.143. The topological polar surface area (TPSA) is 72.5 Å². The number of esters is 1. The van der Waals surface area contributed by atoms with Crippen molar-refractivity contribution in [3.8, 4) is 16.9 Å². The summed E-state index contributed by atoms with van der Waals surface area (Å²) in [6.07, 6.45) is -0.105. The predicted molar refractivity (Wildman–Crippen MR) is 103 cm³/mol. The highest BCUT2D eigenvalue weighted by Crippen LogP contribution is 2.36. The molecule has 3 N–H and O–H groups in total. The van der Waals surface area contributed by atoms with Crippen LogP contribution in [-0.2, 0) is 9.53 Å². The molecule has 2 aromatic carbocycles. The highest BCUT2D eigenvalue weighted by atomic mass is 35.5. The monoisotopic (exact) mass is 381 g/mol. The summed E-state index contributed by atoms with van der Waals surface area (Å²) >= 11 is 0. The van der Waals surface area contributed by atoms with Gasteiger partial charge in [0.1, 0.15) is 11.6 Å². The van der Waals surface area contributed by atoms with Gasteiger partial charge in [-0.25, -0.2) is 4.39 Å². The van der Waals surface area contributed by atoms with Crippen molar-refractivity contribution >= 4 is 18.4 Å². The molecule has 0 saturated carbocycles. The lowest BCUT2D eigenvalue weighted by Crippen LogP contribution is -2.19. The van der Waals surface area contributed by atoms with Crippen LogP contribution in [0.5, 0.6) is 5.75 Å². The van der Waals surface area contributed by atoms with Crippen LogP contribution in [0.25, 0.3) is 11.1 Å². The smallest absolute Gasteiger partial charge is 0.307 e. The second kappa shape index (κ2) is 9.01. The SMILES string of the molecule is CCOC(=O)C[C@H](N)c1cc(-c2c(C)cc(C)cc2O)cc(C)c1F.Cl. The van der Waals surface area contributed by atoms with Crippen molar-refractivity contribution in [3.05, 3.63) is 52.3 Å². The number of carbonyl (C=O) groups excluding carboxylic acids is 1. The van der Waals surface area contributed by atoms with Crippen molar-refractivity contribution in [2.75, 3.05) is 6.61 Å². The van der Waals surface area contributed by atoms with Crippen molar-refractivity contribution in [1.29, 1.82) is 0 Å². The zero-order valence-corrected chi connectivity index (χ0v) is 16.2. The third-order valence-electron chi connectivity index (χ3n) is 4.12. The Morgan fingerprint density at radius 2 is 1.85 bits per heavy atom. The van der Waals surface area contributed by atoms with Crippen LogP contribution in [-0.4, -0.2) is 17.7 Å². The molecule has 6 heteroatoms. The largest absolute Gasteiger partial charge is 0.507 e. The molecule has 0 heterocycles. The molecular weight excluding hydrogens is 357 g/mol. The number of hydrogen-bond donors (Lipinski definition) is 2. The van der Waals surface area contributed by atoms with E-state index in [1.807, 2.05) is 19.9 Å². The van der Waals surface area contributed by atoms with Crippen molar-refractivity contribution in [2.24, 2.45) is 5.73 Å². The van der Waals surface area contributed by atoms with Crippen molar-refractivity contribution in [2.45, 2.75) is 40.2 Å². The van der Waals surface area contributed by atoms with E-state index in [2.05, 4.69) is 0 Å². The Balaban J connectivity index is 0.00000338. The average Bonchev–Trinajstić information content (AvgIpc) is 2.49. The van der Waals surface area contributed by atoms with E-state index in [1.54, 1.807) is 32.0 Å². The molecule has 0 unspecified atom stereocenters. The summed E-state index contributed by atoms with van der Waals surface area (Å²) in [5.74, 6) is -0.773. The quantitative estimate of drug-likeness (QED) is 0.748. The normalized spacial score (nSPS) is 11.6. The Hall–Kier alpha value is -2.11.